The molecule has 0 saturated carbocycles. The first-order valence-corrected chi connectivity index (χ1v) is 7.45. The van der Waals surface area contributed by atoms with Crippen LogP contribution in [0, 0.1) is 0 Å². The van der Waals surface area contributed by atoms with Gasteiger partial charge in [0.05, 0.1) is 0 Å². The number of hydrogen-bond donors (Lipinski definition) is 0. The maximum atomic E-state index is 13.4. The molecule has 0 nitrogen and oxygen atoms in total. The maximum absolute atomic E-state index is 13.4. The highest BCUT2D eigenvalue weighted by Gasteiger charge is 2.48. The third-order valence-electron chi connectivity index (χ3n) is 3.01. The summed E-state index contributed by atoms with van der Waals surface area (Å²) in [5, 5.41) is 1.15. The second kappa shape index (κ2) is 5.99. The molecule has 1 unspecified atom stereocenters. The van der Waals surface area contributed by atoms with Gasteiger partial charge in [-0.25, -0.2) is 0 Å². The summed E-state index contributed by atoms with van der Waals surface area (Å²) in [7, 11) is -1.90. The Balaban J connectivity index is 0.00000161. The average Bonchev–Trinajstić information content (AvgIpc) is 2.78. The van der Waals surface area contributed by atoms with Gasteiger partial charge in [-0.15, -0.1) is 13.2 Å². The Morgan fingerprint density at radius 3 is 2.14 bits per heavy atom. The Bertz CT molecular complexity index is 763. The number of fused-ring (bicyclic) bond motifs is 1. The number of alkyl halides is 3. The van der Waals surface area contributed by atoms with Crippen molar-refractivity contribution in [1.82, 2.24) is 0 Å². The van der Waals surface area contributed by atoms with Gasteiger partial charge >= 0.3 is 5.51 Å². The molecule has 21 heavy (non-hydrogen) atoms. The monoisotopic (exact) mass is 392 g/mol. The van der Waals surface area contributed by atoms with Crippen LogP contribution in [0.3, 0.4) is 0 Å². The molecule has 0 radical (unpaired) electrons. The van der Waals surface area contributed by atoms with Gasteiger partial charge in [0.1, 0.15) is 10.5 Å². The predicted octanol–water partition coefficient (Wildman–Crippen LogP) is 3.39. The van der Waals surface area contributed by atoms with Crippen molar-refractivity contribution in [3.05, 3.63) is 59.6 Å². The Hall–Kier alpha value is -1.04. The lowest BCUT2D eigenvalue weighted by Gasteiger charge is -2.00. The summed E-state index contributed by atoms with van der Waals surface area (Å²) in [6.45, 7) is 0. The number of hydrogen-bond acceptors (Lipinski definition) is 0. The molecule has 110 valence electrons. The summed E-state index contributed by atoms with van der Waals surface area (Å²) in [6, 6.07) is 14.8. The molecule has 3 rings (SSSR count). The van der Waals surface area contributed by atoms with E-state index in [1.165, 1.54) is 0 Å². The van der Waals surface area contributed by atoms with Crippen LogP contribution in [0.2, 0.25) is 5.02 Å². The van der Waals surface area contributed by atoms with E-state index < -0.39 is 16.0 Å². The summed E-state index contributed by atoms with van der Waals surface area (Å²) in [5.41, 5.74) is -3.72. The number of halogens is 5. The van der Waals surface area contributed by atoms with E-state index in [2.05, 4.69) is 0 Å². The highest BCUT2D eigenvalue weighted by Crippen LogP contribution is 2.54. The fourth-order valence-electron chi connectivity index (χ4n) is 2.17. The lowest BCUT2D eigenvalue weighted by Crippen LogP contribution is -3.00. The molecule has 6 heteroatoms. The molecule has 0 aliphatic rings. The smallest absolute Gasteiger partial charge is 0.601 e. The topological polar surface area (TPSA) is 0 Å². The van der Waals surface area contributed by atoms with E-state index >= 15 is 0 Å². The van der Waals surface area contributed by atoms with Gasteiger partial charge in [-0.1, -0.05) is 23.7 Å². The molecule has 0 N–H and O–H groups in total. The lowest BCUT2D eigenvalue weighted by atomic mass is 10.1. The zero-order chi connectivity index (χ0) is 14.3. The molecule has 0 aliphatic carbocycles. The summed E-state index contributed by atoms with van der Waals surface area (Å²) in [5.74, 6) is 0. The molecule has 1 atom stereocenters. The van der Waals surface area contributed by atoms with Crippen molar-refractivity contribution < 1.29 is 30.2 Å². The van der Waals surface area contributed by atoms with Crippen LogP contribution >= 0.6 is 22.1 Å². The van der Waals surface area contributed by atoms with Gasteiger partial charge in [0.2, 0.25) is 0 Å². The zero-order valence-electron chi connectivity index (χ0n) is 10.5. The second-order valence-corrected chi connectivity index (χ2v) is 6.70. The summed E-state index contributed by atoms with van der Waals surface area (Å²) in [4.78, 5) is 0.301. The van der Waals surface area contributed by atoms with Gasteiger partial charge in [0.25, 0.3) is 0 Å². The van der Waals surface area contributed by atoms with Gasteiger partial charge in [-0.3, -0.25) is 0 Å². The molecule has 1 aromatic heterocycles. The van der Waals surface area contributed by atoms with E-state index in [9.17, 15) is 13.2 Å². The fourth-order valence-corrected chi connectivity index (χ4v) is 4.22. The van der Waals surface area contributed by atoms with Crippen molar-refractivity contribution >= 4 is 32.2 Å². The molecule has 1 heterocycles. The minimum atomic E-state index is -4.28. The van der Waals surface area contributed by atoms with Gasteiger partial charge in [-0.2, -0.15) is 0 Å². The Labute approximate surface area is 137 Å². The Kier molecular flexibility index (Phi) is 4.66. The standard InChI is InChI=1S/C15H9ClF3S.BrH/c16-12-7-5-10(6-8-12)14-9-11-3-1-2-4-13(11)20(14)15(17,18)19;/h1-9H;1H/q+1;/p-1. The quantitative estimate of drug-likeness (QED) is 0.556. The normalized spacial score (nSPS) is 12.3. The van der Waals surface area contributed by atoms with E-state index in [1.807, 2.05) is 0 Å². The van der Waals surface area contributed by atoms with Crippen molar-refractivity contribution in [1.29, 1.82) is 0 Å². The van der Waals surface area contributed by atoms with Crippen molar-refractivity contribution in [3.8, 4) is 10.4 Å². The second-order valence-electron chi connectivity index (χ2n) is 4.31. The summed E-state index contributed by atoms with van der Waals surface area (Å²) >= 11 is 5.79. The van der Waals surface area contributed by atoms with Crippen LogP contribution in [0.5, 0.6) is 0 Å². The molecule has 0 saturated heterocycles. The van der Waals surface area contributed by atoms with E-state index in [0.717, 1.165) is 0 Å². The first kappa shape index (κ1) is 16.3. The maximum Gasteiger partial charge on any atom is 0.601 e. The van der Waals surface area contributed by atoms with Crippen molar-refractivity contribution in [3.63, 3.8) is 0 Å². The minimum Gasteiger partial charge on any atom is -1.00 e. The van der Waals surface area contributed by atoms with Crippen LogP contribution in [0.4, 0.5) is 13.2 Å². The molecule has 0 spiro atoms. The molecule has 0 aliphatic heterocycles. The highest BCUT2D eigenvalue weighted by atomic mass is 79.9. The third kappa shape index (κ3) is 3.10. The van der Waals surface area contributed by atoms with Crippen LogP contribution in [0.15, 0.2) is 54.6 Å². The van der Waals surface area contributed by atoms with Crippen LogP contribution < -0.4 is 17.0 Å². The summed E-state index contributed by atoms with van der Waals surface area (Å²) < 4.78 is 40.5. The minimum absolute atomic E-state index is 0. The van der Waals surface area contributed by atoms with Gasteiger partial charge < -0.3 is 17.0 Å². The number of thiophene rings is 1. The molecule has 0 bridgehead atoms. The summed E-state index contributed by atoms with van der Waals surface area (Å²) in [6.07, 6.45) is 0. The predicted molar refractivity (Wildman–Crippen MR) is 78.2 cm³/mol. The highest BCUT2D eigenvalue weighted by molar-refractivity contribution is 7.41. The van der Waals surface area contributed by atoms with E-state index in [1.54, 1.807) is 54.6 Å². The van der Waals surface area contributed by atoms with E-state index in [4.69, 9.17) is 11.6 Å². The zero-order valence-corrected chi connectivity index (χ0v) is 13.7. The number of benzene rings is 2. The Morgan fingerprint density at radius 1 is 0.905 bits per heavy atom. The molecular formula is C15H9BrClF3S. The molecule has 0 fully saturated rings. The van der Waals surface area contributed by atoms with Gasteiger partial charge in [-0.05, 0) is 36.4 Å². The van der Waals surface area contributed by atoms with Crippen molar-refractivity contribution in [2.75, 3.05) is 0 Å². The fraction of sp³-hybridized carbons (Fsp3) is 0.0667. The van der Waals surface area contributed by atoms with Crippen LogP contribution in [-0.4, -0.2) is 0 Å². The molecule has 0 amide bonds. The van der Waals surface area contributed by atoms with Gasteiger partial charge in [0, 0.05) is 22.0 Å². The number of rotatable bonds is 1. The first-order valence-electron chi connectivity index (χ1n) is 5.84. The van der Waals surface area contributed by atoms with Crippen LogP contribution in [0.25, 0.3) is 20.5 Å². The molecule has 2 aromatic carbocycles. The van der Waals surface area contributed by atoms with Crippen LogP contribution in [-0.2, 0) is 5.51 Å². The third-order valence-corrected chi connectivity index (χ3v) is 5.33. The lowest BCUT2D eigenvalue weighted by molar-refractivity contribution is -0.0864. The van der Waals surface area contributed by atoms with Crippen molar-refractivity contribution in [2.45, 2.75) is 5.51 Å². The van der Waals surface area contributed by atoms with E-state index in [0.29, 0.717) is 25.5 Å². The van der Waals surface area contributed by atoms with Gasteiger partial charge in [0.15, 0.2) is 9.58 Å². The first-order chi connectivity index (χ1) is 9.47. The largest absolute Gasteiger partial charge is 1.00 e. The van der Waals surface area contributed by atoms with Crippen LogP contribution in [0.1, 0.15) is 0 Å². The molecular weight excluding hydrogens is 385 g/mol. The molecule has 3 aromatic rings. The Morgan fingerprint density at radius 2 is 1.52 bits per heavy atom. The average molecular weight is 394 g/mol. The van der Waals surface area contributed by atoms with Crippen molar-refractivity contribution in [2.24, 2.45) is 0 Å². The van der Waals surface area contributed by atoms with E-state index in [-0.39, 0.29) is 17.0 Å². The SMILES string of the molecule is FC(F)(F)[s+]1c(-c2ccc(Cl)cc2)cc2ccccc21.[Br-].